The van der Waals surface area contributed by atoms with Crippen molar-refractivity contribution in [2.45, 2.75) is 206 Å². The Balaban J connectivity index is 4.34. The van der Waals surface area contributed by atoms with Crippen molar-refractivity contribution in [3.8, 4) is 0 Å². The molecule has 0 saturated heterocycles. The smallest absolute Gasteiger partial charge is 0.306 e. The van der Waals surface area contributed by atoms with E-state index in [0.29, 0.717) is 23.9 Å². The predicted octanol–water partition coefficient (Wildman–Crippen LogP) is 17.6. The van der Waals surface area contributed by atoms with Crippen LogP contribution in [0.1, 0.15) is 194 Å². The highest BCUT2D eigenvalue weighted by Crippen LogP contribution is 2.13. The molecule has 2 unspecified atom stereocenters. The maximum absolute atomic E-state index is 12.9. The van der Waals surface area contributed by atoms with Crippen LogP contribution >= 0.6 is 0 Å². The summed E-state index contributed by atoms with van der Waals surface area (Å²) >= 11 is 0. The van der Waals surface area contributed by atoms with Crippen LogP contribution in [0.5, 0.6) is 0 Å². The molecule has 0 aromatic heterocycles. The van der Waals surface area contributed by atoms with E-state index in [4.69, 9.17) is 18.9 Å². The molecule has 0 spiro atoms. The van der Waals surface area contributed by atoms with Gasteiger partial charge in [0.15, 0.2) is 12.4 Å². The van der Waals surface area contributed by atoms with Gasteiger partial charge in [-0.1, -0.05) is 228 Å². The Morgan fingerprint density at radius 1 is 0.370 bits per heavy atom. The minimum Gasteiger partial charge on any atom is -0.545 e. The van der Waals surface area contributed by atoms with Crippen molar-refractivity contribution in [2.24, 2.45) is 0 Å². The van der Waals surface area contributed by atoms with E-state index < -0.39 is 30.3 Å². The molecule has 0 aliphatic carbocycles. The highest BCUT2D eigenvalue weighted by Gasteiger charge is 2.22. The number of carbonyl (C=O) groups is 3. The molecule has 0 saturated carbocycles. The van der Waals surface area contributed by atoms with Crippen molar-refractivity contribution in [2.75, 3.05) is 47.5 Å². The van der Waals surface area contributed by atoms with Gasteiger partial charge in [-0.15, -0.1) is 0 Å². The molecule has 0 bridgehead atoms. The van der Waals surface area contributed by atoms with Crippen molar-refractivity contribution in [3.05, 3.63) is 182 Å². The normalized spacial score (nSPS) is 14.0. The predicted molar refractivity (Wildman–Crippen MR) is 342 cm³/mol. The van der Waals surface area contributed by atoms with Gasteiger partial charge in [0.25, 0.3) is 0 Å². The fraction of sp³-hybridized carbons (Fsp3) is 0.542. The largest absolute Gasteiger partial charge is 0.545 e. The van der Waals surface area contributed by atoms with Crippen LogP contribution in [0.4, 0.5) is 0 Å². The van der Waals surface area contributed by atoms with Crippen LogP contribution in [0, 0.1) is 0 Å². The molecule has 0 aromatic rings. The quantitative estimate of drug-likeness (QED) is 0.0195. The zero-order valence-electron chi connectivity index (χ0n) is 51.3. The number of quaternary nitrogens is 1. The Kier molecular flexibility index (Phi) is 56.3. The number of carboxylic acids is 1. The maximum Gasteiger partial charge on any atom is 0.306 e. The van der Waals surface area contributed by atoms with Gasteiger partial charge in [-0.2, -0.15) is 0 Å². The van der Waals surface area contributed by atoms with Gasteiger partial charge < -0.3 is 33.3 Å². The monoisotopic (exact) mass is 1120 g/mol. The second-order valence-electron chi connectivity index (χ2n) is 20.9. The van der Waals surface area contributed by atoms with Gasteiger partial charge in [0.1, 0.15) is 13.2 Å². The van der Waals surface area contributed by atoms with Crippen molar-refractivity contribution in [1.29, 1.82) is 0 Å². The lowest BCUT2D eigenvalue weighted by Crippen LogP contribution is -2.44. The van der Waals surface area contributed by atoms with Gasteiger partial charge in [0, 0.05) is 12.8 Å². The summed E-state index contributed by atoms with van der Waals surface area (Å²) in [7, 11) is 5.89. The summed E-state index contributed by atoms with van der Waals surface area (Å²) in [4.78, 5) is 37.3. The van der Waals surface area contributed by atoms with Crippen molar-refractivity contribution in [3.63, 3.8) is 0 Å². The molecule has 0 amide bonds. The molecule has 0 rings (SSSR count). The average Bonchev–Trinajstić information content (AvgIpc) is 3.44. The summed E-state index contributed by atoms with van der Waals surface area (Å²) in [5.74, 6) is -2.38. The topological polar surface area (TPSA) is 111 Å². The molecule has 0 heterocycles. The van der Waals surface area contributed by atoms with E-state index in [2.05, 4.69) is 196 Å². The van der Waals surface area contributed by atoms with Crippen molar-refractivity contribution >= 4 is 17.9 Å². The van der Waals surface area contributed by atoms with Gasteiger partial charge in [-0.05, 0) is 135 Å². The number of carbonyl (C=O) groups excluding carboxylic acids is 3. The summed E-state index contributed by atoms with van der Waals surface area (Å²) in [6.45, 7) is 4.42. The molecule has 0 aliphatic heterocycles. The molecular formula is C72H111NO8. The number of ether oxygens (including phenoxy) is 4. The minimum absolute atomic E-state index is 0.127. The zero-order valence-corrected chi connectivity index (χ0v) is 51.3. The average molecular weight is 1120 g/mol. The minimum atomic E-state index is -1.65. The first kappa shape index (κ1) is 75.4. The Bertz CT molecular complexity index is 1980. The Morgan fingerprint density at radius 2 is 0.667 bits per heavy atom. The molecule has 452 valence electrons. The summed E-state index contributed by atoms with van der Waals surface area (Å²) in [5, 5.41) is 11.8. The highest BCUT2D eigenvalue weighted by atomic mass is 16.7. The third-order valence-corrected chi connectivity index (χ3v) is 12.1. The van der Waals surface area contributed by atoms with E-state index in [0.717, 1.165) is 141 Å². The number of unbranched alkanes of at least 4 members (excludes halogenated alkanes) is 9. The van der Waals surface area contributed by atoms with Gasteiger partial charge >= 0.3 is 11.9 Å². The second kappa shape index (κ2) is 60.5. The van der Waals surface area contributed by atoms with E-state index in [-0.39, 0.29) is 32.7 Å². The Labute approximate surface area is 494 Å². The number of carboxylic acid groups (broad SMARTS) is 1. The number of esters is 2. The number of rotatable bonds is 54. The molecule has 0 aliphatic rings. The zero-order chi connectivity index (χ0) is 59.1. The van der Waals surface area contributed by atoms with Crippen LogP contribution in [-0.2, 0) is 33.3 Å². The standard InChI is InChI=1S/C72H111NO8/c1-6-8-10-12-14-16-18-20-22-24-26-28-29-30-31-32-33-34-35-36-37-38-39-40-41-43-45-47-49-51-53-55-57-59-61-63-70(75)81-68(67-80-72(71(76)77)78-65-64-73(3,4)5)66-79-69(74)62-60-58-56-54-52-50-48-46-44-42-27-25-23-21-19-17-15-13-11-9-7-2/h8-11,14-17,20-23,26-28,30-31,33-34,36-37,39-40,42-43,45-46,48,52,54,68,72H,6-7,12-13,18-19,24-25,29,32,35,38,41,44,47,49-51,53,55-67H2,1-5H3/b10-8-,11-9-,16-14-,17-15-,22-20-,23-21-,28-26-,31-30-,34-33-,37-36-,40-39-,42-27-,45-43-,48-46-,54-52-. The molecule has 0 radical (unpaired) electrons. The Hall–Kier alpha value is -5.61. The lowest BCUT2D eigenvalue weighted by Gasteiger charge is -2.26. The van der Waals surface area contributed by atoms with E-state index in [1.165, 1.54) is 12.8 Å². The van der Waals surface area contributed by atoms with Crippen LogP contribution in [0.15, 0.2) is 182 Å². The van der Waals surface area contributed by atoms with Gasteiger partial charge in [-0.3, -0.25) is 9.59 Å². The first-order chi connectivity index (χ1) is 39.6. The van der Waals surface area contributed by atoms with E-state index in [9.17, 15) is 19.5 Å². The van der Waals surface area contributed by atoms with Crippen LogP contribution in [0.3, 0.4) is 0 Å². The molecule has 2 atom stereocenters. The van der Waals surface area contributed by atoms with E-state index >= 15 is 0 Å². The SMILES string of the molecule is CC/C=C\C/C=C\C/C=C\C/C=C\C/C=C\C/C=C\C/C=C\C/C=C\C/C=C\CCCCCCCCCC(=O)OC(COC(=O)CCCC/C=C\C/C=C\C/C=C\C/C=C\C/C=C\C/C=C\CC)COC(OCC[N+](C)(C)C)C(=O)[O-]. The molecular weight excluding hydrogens is 1010 g/mol. The fourth-order valence-corrected chi connectivity index (χ4v) is 7.47. The number of nitrogens with zero attached hydrogens (tertiary/aromatic N) is 1. The van der Waals surface area contributed by atoms with E-state index in [1.54, 1.807) is 0 Å². The van der Waals surface area contributed by atoms with Crippen molar-refractivity contribution < 1.29 is 42.9 Å². The fourth-order valence-electron chi connectivity index (χ4n) is 7.47. The molecule has 9 nitrogen and oxygen atoms in total. The van der Waals surface area contributed by atoms with Gasteiger partial charge in [0.05, 0.1) is 40.3 Å². The van der Waals surface area contributed by atoms with Crippen LogP contribution in [0.25, 0.3) is 0 Å². The number of allylic oxidation sites excluding steroid dienone is 30. The Morgan fingerprint density at radius 3 is 1.01 bits per heavy atom. The molecule has 0 fully saturated rings. The van der Waals surface area contributed by atoms with Crippen LogP contribution in [0.2, 0.25) is 0 Å². The third-order valence-electron chi connectivity index (χ3n) is 12.1. The van der Waals surface area contributed by atoms with E-state index in [1.807, 2.05) is 21.1 Å². The number of hydrogen-bond donors (Lipinski definition) is 0. The van der Waals surface area contributed by atoms with Crippen LogP contribution in [-0.4, -0.2) is 82.3 Å². The second-order valence-corrected chi connectivity index (χ2v) is 20.9. The first-order valence-corrected chi connectivity index (χ1v) is 30.9. The van der Waals surface area contributed by atoms with Gasteiger partial charge in [0.2, 0.25) is 0 Å². The molecule has 0 N–H and O–H groups in total. The molecule has 0 aromatic carbocycles. The highest BCUT2D eigenvalue weighted by molar-refractivity contribution is 5.70. The number of hydrogen-bond acceptors (Lipinski definition) is 8. The van der Waals surface area contributed by atoms with Crippen molar-refractivity contribution in [1.82, 2.24) is 0 Å². The number of likely N-dealkylation sites (N-methyl/N-ethyl adjacent to an activating group) is 1. The summed E-state index contributed by atoms with van der Waals surface area (Å²) < 4.78 is 22.6. The maximum atomic E-state index is 12.9. The number of aliphatic carboxylic acids is 1. The van der Waals surface area contributed by atoms with Crippen LogP contribution < -0.4 is 5.11 Å². The first-order valence-electron chi connectivity index (χ1n) is 30.9. The summed E-state index contributed by atoms with van der Waals surface area (Å²) in [6, 6.07) is 0. The lowest BCUT2D eigenvalue weighted by molar-refractivity contribution is -0.870. The molecule has 9 heteroatoms. The summed E-state index contributed by atoms with van der Waals surface area (Å²) in [5.41, 5.74) is 0. The van der Waals surface area contributed by atoms with Gasteiger partial charge in [-0.25, -0.2) is 0 Å². The third kappa shape index (κ3) is 61.9. The lowest BCUT2D eigenvalue weighted by atomic mass is 10.1. The summed E-state index contributed by atoms with van der Waals surface area (Å²) in [6.07, 6.45) is 89.5. The molecule has 81 heavy (non-hydrogen) atoms.